The lowest BCUT2D eigenvalue weighted by atomic mass is 9.83. The van der Waals surface area contributed by atoms with Crippen LogP contribution in [0, 0.1) is 0 Å². The maximum absolute atomic E-state index is 13.0. The van der Waals surface area contributed by atoms with E-state index in [4.69, 9.17) is 4.74 Å². The summed E-state index contributed by atoms with van der Waals surface area (Å²) in [5.74, 6) is -2.00. The van der Waals surface area contributed by atoms with Gasteiger partial charge in [-0.15, -0.1) is 0 Å². The molecule has 1 amide bonds. The Morgan fingerprint density at radius 3 is 2.61 bits per heavy atom. The number of Topliss-reactive ketones (excluding diaryl/α,β-unsaturated/α-hetero) is 1. The van der Waals surface area contributed by atoms with Crippen LogP contribution in [0.25, 0.3) is 0 Å². The van der Waals surface area contributed by atoms with Crippen molar-refractivity contribution in [3.8, 4) is 0 Å². The molecule has 0 saturated carbocycles. The summed E-state index contributed by atoms with van der Waals surface area (Å²) in [6.45, 7) is 2.54. The highest BCUT2D eigenvalue weighted by Gasteiger charge is 2.42. The molecule has 2 heterocycles. The zero-order valence-electron chi connectivity index (χ0n) is 15.9. The van der Waals surface area contributed by atoms with Crippen LogP contribution in [-0.2, 0) is 14.3 Å². The first kappa shape index (κ1) is 19.7. The number of carbonyl (C=O) groups is 3. The van der Waals surface area contributed by atoms with Crippen molar-refractivity contribution in [3.05, 3.63) is 66.0 Å². The van der Waals surface area contributed by atoms with Crippen molar-refractivity contribution in [3.63, 3.8) is 0 Å². The fourth-order valence-corrected chi connectivity index (χ4v) is 3.59. The van der Waals surface area contributed by atoms with Gasteiger partial charge in [0.15, 0.2) is 0 Å². The van der Waals surface area contributed by atoms with Gasteiger partial charge in [0.25, 0.3) is 5.91 Å². The molecule has 3 rings (SSSR count). The Bertz CT molecular complexity index is 823. The van der Waals surface area contributed by atoms with Gasteiger partial charge in [-0.25, -0.2) is 4.79 Å². The average molecular weight is 380 g/mol. The van der Waals surface area contributed by atoms with Crippen molar-refractivity contribution in [2.75, 3.05) is 13.2 Å². The fraction of sp³-hybridized carbons (Fsp3) is 0.364. The topological polar surface area (TPSA) is 76.6 Å². The Morgan fingerprint density at radius 1 is 1.14 bits per heavy atom. The molecule has 0 aliphatic carbocycles. The highest BCUT2D eigenvalue weighted by atomic mass is 16.5. The Hall–Kier alpha value is -3.02. The van der Waals surface area contributed by atoms with Gasteiger partial charge < -0.3 is 9.64 Å². The van der Waals surface area contributed by atoms with E-state index in [0.29, 0.717) is 24.9 Å². The van der Waals surface area contributed by atoms with E-state index in [2.05, 4.69) is 4.98 Å². The minimum atomic E-state index is -0.829. The van der Waals surface area contributed by atoms with Crippen LogP contribution in [0.2, 0.25) is 0 Å². The number of likely N-dealkylation sites (tertiary alicyclic amines) is 1. The monoisotopic (exact) mass is 380 g/mol. The first-order chi connectivity index (χ1) is 13.6. The summed E-state index contributed by atoms with van der Waals surface area (Å²) < 4.78 is 5.38. The predicted octanol–water partition coefficient (Wildman–Crippen LogP) is 2.99. The third-order valence-electron chi connectivity index (χ3n) is 4.92. The molecule has 2 unspecified atom stereocenters. The summed E-state index contributed by atoms with van der Waals surface area (Å²) in [5.41, 5.74) is 1.18. The third-order valence-corrected chi connectivity index (χ3v) is 4.92. The van der Waals surface area contributed by atoms with Crippen molar-refractivity contribution in [2.45, 2.75) is 38.1 Å². The van der Waals surface area contributed by atoms with Crippen LogP contribution in [0.5, 0.6) is 0 Å². The Morgan fingerprint density at radius 2 is 1.93 bits per heavy atom. The minimum absolute atomic E-state index is 0.251. The molecule has 2 aromatic rings. The van der Waals surface area contributed by atoms with Crippen LogP contribution in [-0.4, -0.2) is 46.7 Å². The molecule has 146 valence electrons. The summed E-state index contributed by atoms with van der Waals surface area (Å²) in [5, 5.41) is 0. The van der Waals surface area contributed by atoms with Crippen molar-refractivity contribution < 1.29 is 19.1 Å². The van der Waals surface area contributed by atoms with Gasteiger partial charge in [-0.05, 0) is 30.9 Å². The van der Waals surface area contributed by atoms with Crippen LogP contribution in [0.3, 0.4) is 0 Å². The number of aromatic nitrogens is 1. The molecule has 6 nitrogen and oxygen atoms in total. The fourth-order valence-electron chi connectivity index (χ4n) is 3.59. The molecule has 0 radical (unpaired) electrons. The number of hydrogen-bond donors (Lipinski definition) is 0. The van der Waals surface area contributed by atoms with E-state index in [-0.39, 0.29) is 12.5 Å². The number of ether oxygens (including phenoxy) is 1. The number of benzene rings is 1. The molecule has 1 aromatic carbocycles. The molecule has 1 aromatic heterocycles. The third kappa shape index (κ3) is 4.27. The summed E-state index contributed by atoms with van der Waals surface area (Å²) in [6.07, 6.45) is 5.48. The van der Waals surface area contributed by atoms with E-state index in [1.807, 2.05) is 13.0 Å². The standard InChI is InChI=1S/C22H24N2O4/c1-2-14-28-22(27)19-18(17-10-6-12-23-15-17)11-7-13-24(19)21(26)20(25)16-8-4-3-5-9-16/h3-6,8-10,12,15,18-19H,2,7,11,13-14H2,1H3. The van der Waals surface area contributed by atoms with Gasteiger partial charge in [-0.3, -0.25) is 14.6 Å². The maximum atomic E-state index is 13.0. The molecule has 1 aliphatic heterocycles. The molecule has 28 heavy (non-hydrogen) atoms. The smallest absolute Gasteiger partial charge is 0.329 e. The summed E-state index contributed by atoms with van der Waals surface area (Å²) >= 11 is 0. The molecule has 6 heteroatoms. The highest BCUT2D eigenvalue weighted by Crippen LogP contribution is 2.33. The van der Waals surface area contributed by atoms with Crippen LogP contribution < -0.4 is 0 Å². The molecule has 1 aliphatic rings. The van der Waals surface area contributed by atoms with Crippen LogP contribution >= 0.6 is 0 Å². The lowest BCUT2D eigenvalue weighted by molar-refractivity contribution is -0.156. The van der Waals surface area contributed by atoms with Crippen LogP contribution in [0.15, 0.2) is 54.9 Å². The largest absolute Gasteiger partial charge is 0.464 e. The molecule has 0 spiro atoms. The number of ketones is 1. The first-order valence-corrected chi connectivity index (χ1v) is 9.60. The van der Waals surface area contributed by atoms with Crippen LogP contribution in [0.4, 0.5) is 0 Å². The molecular formula is C22H24N2O4. The van der Waals surface area contributed by atoms with Gasteiger partial charge in [-0.2, -0.15) is 0 Å². The zero-order chi connectivity index (χ0) is 19.9. The van der Waals surface area contributed by atoms with E-state index in [9.17, 15) is 14.4 Å². The zero-order valence-corrected chi connectivity index (χ0v) is 15.9. The molecular weight excluding hydrogens is 356 g/mol. The van der Waals surface area contributed by atoms with E-state index in [1.165, 1.54) is 4.90 Å². The second kappa shape index (κ2) is 9.26. The first-order valence-electron chi connectivity index (χ1n) is 9.60. The van der Waals surface area contributed by atoms with Crippen molar-refractivity contribution in [1.82, 2.24) is 9.88 Å². The second-order valence-electron chi connectivity index (χ2n) is 6.84. The Balaban J connectivity index is 1.91. The van der Waals surface area contributed by atoms with Gasteiger partial charge in [0, 0.05) is 30.4 Å². The van der Waals surface area contributed by atoms with Gasteiger partial charge in [0.1, 0.15) is 6.04 Å². The van der Waals surface area contributed by atoms with Crippen molar-refractivity contribution in [2.24, 2.45) is 0 Å². The lowest BCUT2D eigenvalue weighted by Gasteiger charge is -2.39. The van der Waals surface area contributed by atoms with Gasteiger partial charge in [0.05, 0.1) is 6.61 Å². The quantitative estimate of drug-likeness (QED) is 0.437. The SMILES string of the molecule is CCCOC(=O)C1C(c2cccnc2)CCCN1C(=O)C(=O)c1ccccc1. The van der Waals surface area contributed by atoms with Gasteiger partial charge in [-0.1, -0.05) is 43.3 Å². The van der Waals surface area contributed by atoms with E-state index in [1.54, 1.807) is 48.8 Å². The molecule has 0 N–H and O–H groups in total. The molecule has 0 bridgehead atoms. The molecule has 2 atom stereocenters. The number of rotatable bonds is 6. The van der Waals surface area contributed by atoms with E-state index < -0.39 is 23.7 Å². The second-order valence-corrected chi connectivity index (χ2v) is 6.84. The number of esters is 1. The van der Waals surface area contributed by atoms with E-state index >= 15 is 0 Å². The van der Waals surface area contributed by atoms with Crippen molar-refractivity contribution >= 4 is 17.7 Å². The highest BCUT2D eigenvalue weighted by molar-refractivity contribution is 6.43. The maximum Gasteiger partial charge on any atom is 0.329 e. The normalized spacial score (nSPS) is 19.1. The Kier molecular flexibility index (Phi) is 6.53. The summed E-state index contributed by atoms with van der Waals surface area (Å²) in [7, 11) is 0. The lowest BCUT2D eigenvalue weighted by Crippen LogP contribution is -2.54. The molecule has 1 fully saturated rings. The summed E-state index contributed by atoms with van der Waals surface area (Å²) in [6, 6.07) is 11.3. The van der Waals surface area contributed by atoms with Crippen molar-refractivity contribution in [1.29, 1.82) is 0 Å². The predicted molar refractivity (Wildman–Crippen MR) is 104 cm³/mol. The number of amides is 1. The number of nitrogens with zero attached hydrogens (tertiary/aromatic N) is 2. The minimum Gasteiger partial charge on any atom is -0.464 e. The average Bonchev–Trinajstić information content (AvgIpc) is 2.77. The van der Waals surface area contributed by atoms with E-state index in [0.717, 1.165) is 12.0 Å². The van der Waals surface area contributed by atoms with Crippen LogP contribution in [0.1, 0.15) is 48.0 Å². The van der Waals surface area contributed by atoms with Gasteiger partial charge >= 0.3 is 5.97 Å². The van der Waals surface area contributed by atoms with Gasteiger partial charge in [0.2, 0.25) is 5.78 Å². The summed E-state index contributed by atoms with van der Waals surface area (Å²) in [4.78, 5) is 44.1. The number of carbonyl (C=O) groups excluding carboxylic acids is 3. The number of pyridine rings is 1. The molecule has 1 saturated heterocycles. The Labute approximate surface area is 164 Å². The number of piperidine rings is 1. The number of hydrogen-bond acceptors (Lipinski definition) is 5.